The fourth-order valence-electron chi connectivity index (χ4n) is 0.832. The van der Waals surface area contributed by atoms with Gasteiger partial charge in [-0.2, -0.15) is 0 Å². The lowest BCUT2D eigenvalue weighted by atomic mass is 10.4. The van der Waals surface area contributed by atoms with Gasteiger partial charge in [0.15, 0.2) is 6.23 Å². The highest BCUT2D eigenvalue weighted by atomic mass is 16.7. The quantitative estimate of drug-likeness (QED) is 0.422. The van der Waals surface area contributed by atoms with Crippen molar-refractivity contribution in [2.24, 2.45) is 0 Å². The molecule has 0 spiro atoms. The molecule has 1 atom stereocenters. The Labute approximate surface area is 58.4 Å². The van der Waals surface area contributed by atoms with Crippen LogP contribution in [0.15, 0.2) is 0 Å². The largest absolute Gasteiger partial charge is 0.507 e. The van der Waals surface area contributed by atoms with Gasteiger partial charge in [0.2, 0.25) is 0 Å². The fraction of sp³-hybridized carbons (Fsp3) is 0.800. The first-order valence-electron chi connectivity index (χ1n) is 3.13. The molecular formula is C5H10N2O3. The van der Waals surface area contributed by atoms with Crippen LogP contribution >= 0.6 is 0 Å². The molecule has 1 aliphatic rings. The molecular weight excluding hydrogens is 136 g/mol. The third kappa shape index (κ3) is 2.20. The fourth-order valence-corrected chi connectivity index (χ4v) is 0.832. The van der Waals surface area contributed by atoms with Crippen molar-refractivity contribution in [2.45, 2.75) is 6.23 Å². The minimum atomic E-state index is -1.23. The van der Waals surface area contributed by atoms with Crippen LogP contribution in [0.5, 0.6) is 0 Å². The van der Waals surface area contributed by atoms with Gasteiger partial charge < -0.3 is 15.2 Å². The van der Waals surface area contributed by atoms with E-state index in [9.17, 15) is 4.79 Å². The Morgan fingerprint density at radius 1 is 1.60 bits per heavy atom. The van der Waals surface area contributed by atoms with Crippen molar-refractivity contribution in [3.05, 3.63) is 0 Å². The first-order chi connectivity index (χ1) is 4.79. The molecule has 0 unspecified atom stereocenters. The van der Waals surface area contributed by atoms with Crippen LogP contribution in [-0.2, 0) is 4.74 Å². The highest BCUT2D eigenvalue weighted by Gasteiger charge is 2.14. The van der Waals surface area contributed by atoms with Crippen molar-refractivity contribution in [2.75, 3.05) is 19.6 Å². The Hall–Kier alpha value is -0.810. The van der Waals surface area contributed by atoms with Crippen LogP contribution in [0.4, 0.5) is 4.79 Å². The molecule has 0 aliphatic carbocycles. The van der Waals surface area contributed by atoms with E-state index in [1.54, 1.807) is 0 Å². The molecule has 0 aromatic rings. The van der Waals surface area contributed by atoms with Gasteiger partial charge in [0.05, 0.1) is 0 Å². The number of ether oxygens (including phenoxy) is 1. The standard InChI is InChI=1S/C5H10N2O3/c8-5(9)10-4-3-6-1-2-7-4/h4,6-7H,1-3H2,(H,8,9)/t4-/m1/s1. The summed E-state index contributed by atoms with van der Waals surface area (Å²) in [4.78, 5) is 9.98. The molecule has 58 valence electrons. The molecule has 0 bridgehead atoms. The second-order valence-electron chi connectivity index (χ2n) is 2.03. The Kier molecular flexibility index (Phi) is 2.47. The Morgan fingerprint density at radius 3 is 2.90 bits per heavy atom. The molecule has 5 heteroatoms. The molecule has 0 radical (unpaired) electrons. The van der Waals surface area contributed by atoms with Gasteiger partial charge in [-0.1, -0.05) is 0 Å². The second kappa shape index (κ2) is 3.38. The highest BCUT2D eigenvalue weighted by molar-refractivity contribution is 5.57. The van der Waals surface area contributed by atoms with E-state index in [1.165, 1.54) is 0 Å². The molecule has 0 amide bonds. The molecule has 5 nitrogen and oxygen atoms in total. The van der Waals surface area contributed by atoms with Gasteiger partial charge in [0.25, 0.3) is 0 Å². The van der Waals surface area contributed by atoms with Gasteiger partial charge >= 0.3 is 6.16 Å². The third-order valence-corrected chi connectivity index (χ3v) is 1.25. The first kappa shape index (κ1) is 7.30. The first-order valence-corrected chi connectivity index (χ1v) is 3.13. The van der Waals surface area contributed by atoms with Gasteiger partial charge in [0.1, 0.15) is 0 Å². The molecule has 1 aliphatic heterocycles. The summed E-state index contributed by atoms with van der Waals surface area (Å²) in [5.41, 5.74) is 0. The average molecular weight is 146 g/mol. The summed E-state index contributed by atoms with van der Waals surface area (Å²) in [5.74, 6) is 0. The second-order valence-corrected chi connectivity index (χ2v) is 2.03. The summed E-state index contributed by atoms with van der Waals surface area (Å²) in [5, 5.41) is 14.0. The maximum atomic E-state index is 9.98. The van der Waals surface area contributed by atoms with Gasteiger partial charge in [-0.3, -0.25) is 5.32 Å². The molecule has 1 heterocycles. The molecule has 1 saturated heterocycles. The summed E-state index contributed by atoms with van der Waals surface area (Å²) in [7, 11) is 0. The van der Waals surface area contributed by atoms with Crippen LogP contribution in [0, 0.1) is 0 Å². The maximum Gasteiger partial charge on any atom is 0.507 e. The summed E-state index contributed by atoms with van der Waals surface area (Å²) in [6, 6.07) is 0. The molecule has 3 N–H and O–H groups in total. The van der Waals surface area contributed by atoms with Gasteiger partial charge in [-0.05, 0) is 0 Å². The minimum Gasteiger partial charge on any atom is -0.450 e. The van der Waals surface area contributed by atoms with E-state index in [-0.39, 0.29) is 6.23 Å². The number of rotatable bonds is 1. The van der Waals surface area contributed by atoms with E-state index in [0.29, 0.717) is 6.54 Å². The van der Waals surface area contributed by atoms with E-state index in [2.05, 4.69) is 15.4 Å². The van der Waals surface area contributed by atoms with E-state index >= 15 is 0 Å². The molecule has 0 aromatic heterocycles. The summed E-state index contributed by atoms with van der Waals surface area (Å²) in [6.07, 6.45) is -1.62. The van der Waals surface area contributed by atoms with E-state index in [1.807, 2.05) is 0 Å². The Morgan fingerprint density at radius 2 is 2.40 bits per heavy atom. The van der Waals surface area contributed by atoms with E-state index < -0.39 is 6.16 Å². The zero-order chi connectivity index (χ0) is 7.40. The van der Waals surface area contributed by atoms with Crippen LogP contribution in [0.3, 0.4) is 0 Å². The number of hydrogen-bond donors (Lipinski definition) is 3. The smallest absolute Gasteiger partial charge is 0.450 e. The lowest BCUT2D eigenvalue weighted by molar-refractivity contribution is 0.0309. The molecule has 10 heavy (non-hydrogen) atoms. The summed E-state index contributed by atoms with van der Waals surface area (Å²) >= 11 is 0. The van der Waals surface area contributed by atoms with Crippen LogP contribution in [0.2, 0.25) is 0 Å². The van der Waals surface area contributed by atoms with Crippen molar-refractivity contribution in [3.63, 3.8) is 0 Å². The van der Waals surface area contributed by atoms with Crippen molar-refractivity contribution in [1.29, 1.82) is 0 Å². The SMILES string of the molecule is O=C(O)O[C@@H]1CNCCN1. The van der Waals surface area contributed by atoms with Crippen molar-refractivity contribution in [3.8, 4) is 0 Å². The van der Waals surface area contributed by atoms with Crippen molar-refractivity contribution < 1.29 is 14.6 Å². The molecule has 1 rings (SSSR count). The lowest BCUT2D eigenvalue weighted by Crippen LogP contribution is -2.50. The van der Waals surface area contributed by atoms with Crippen LogP contribution < -0.4 is 10.6 Å². The van der Waals surface area contributed by atoms with Crippen molar-refractivity contribution >= 4 is 6.16 Å². The van der Waals surface area contributed by atoms with Gasteiger partial charge in [-0.15, -0.1) is 0 Å². The lowest BCUT2D eigenvalue weighted by Gasteiger charge is -2.22. The number of carboxylic acid groups (broad SMARTS) is 1. The Balaban J connectivity index is 2.19. The van der Waals surface area contributed by atoms with Crippen LogP contribution in [-0.4, -0.2) is 37.1 Å². The number of piperazine rings is 1. The minimum absolute atomic E-state index is 0.383. The predicted molar refractivity (Wildman–Crippen MR) is 33.8 cm³/mol. The van der Waals surface area contributed by atoms with E-state index in [4.69, 9.17) is 5.11 Å². The number of nitrogens with one attached hydrogen (secondary N) is 2. The summed E-state index contributed by atoms with van der Waals surface area (Å²) in [6.45, 7) is 2.16. The predicted octanol–water partition coefficient (Wildman–Crippen LogP) is -0.800. The average Bonchev–Trinajstić information content (AvgIpc) is 1.88. The summed E-state index contributed by atoms with van der Waals surface area (Å²) < 4.78 is 4.43. The number of carbonyl (C=O) groups is 1. The zero-order valence-electron chi connectivity index (χ0n) is 5.46. The van der Waals surface area contributed by atoms with Crippen molar-refractivity contribution in [1.82, 2.24) is 10.6 Å². The zero-order valence-corrected chi connectivity index (χ0v) is 5.46. The maximum absolute atomic E-state index is 9.98. The normalized spacial score (nSPS) is 25.8. The molecule has 1 fully saturated rings. The van der Waals surface area contributed by atoms with Crippen LogP contribution in [0.1, 0.15) is 0 Å². The van der Waals surface area contributed by atoms with Crippen LogP contribution in [0.25, 0.3) is 0 Å². The molecule has 0 aromatic carbocycles. The third-order valence-electron chi connectivity index (χ3n) is 1.25. The monoisotopic (exact) mass is 146 g/mol. The van der Waals surface area contributed by atoms with Gasteiger partial charge in [-0.25, -0.2) is 4.79 Å². The topological polar surface area (TPSA) is 70.6 Å². The Bertz CT molecular complexity index is 122. The number of hydrogen-bond acceptors (Lipinski definition) is 4. The van der Waals surface area contributed by atoms with E-state index in [0.717, 1.165) is 13.1 Å². The molecule has 0 saturated carbocycles. The highest BCUT2D eigenvalue weighted by Crippen LogP contribution is 1.89. The van der Waals surface area contributed by atoms with Gasteiger partial charge in [0, 0.05) is 19.6 Å².